The minimum Gasteiger partial charge on any atom is -0.379 e. The molecule has 1 rings (SSSR count). The highest BCUT2D eigenvalue weighted by Gasteiger charge is 2.42. The van der Waals surface area contributed by atoms with Crippen molar-refractivity contribution in [2.24, 2.45) is 17.8 Å². The van der Waals surface area contributed by atoms with Crippen molar-refractivity contribution in [3.05, 3.63) is 0 Å². The van der Waals surface area contributed by atoms with Gasteiger partial charge in [-0.1, -0.05) is 99.3 Å². The van der Waals surface area contributed by atoms with E-state index in [2.05, 4.69) is 41.5 Å². The molecule has 6 heteroatoms. The molecule has 0 bridgehead atoms. The summed E-state index contributed by atoms with van der Waals surface area (Å²) in [5, 5.41) is 0. The molecule has 36 heavy (non-hydrogen) atoms. The summed E-state index contributed by atoms with van der Waals surface area (Å²) >= 11 is 0. The largest absolute Gasteiger partial charge is 0.501 e. The van der Waals surface area contributed by atoms with Crippen molar-refractivity contribution in [1.29, 1.82) is 0 Å². The van der Waals surface area contributed by atoms with E-state index in [1.54, 1.807) is 0 Å². The standard InChI is InChI=1S/C30H62O5Si/c1-7-13-17-27(10-4)22-33-36(21-16-20-31-25-30-26-32-30,34-23-28(11-5)18-14-8-2)35-24-29(12-6)19-15-9-3/h27-30H,7-26H2,1-6H3. The summed E-state index contributed by atoms with van der Waals surface area (Å²) in [6, 6.07) is 0.844. The maximum atomic E-state index is 6.83. The quantitative estimate of drug-likeness (QED) is 0.0606. The average Bonchev–Trinajstić information content (AvgIpc) is 3.73. The van der Waals surface area contributed by atoms with Gasteiger partial charge in [0.25, 0.3) is 0 Å². The molecule has 4 atom stereocenters. The van der Waals surface area contributed by atoms with Gasteiger partial charge in [0.15, 0.2) is 0 Å². The first-order chi connectivity index (χ1) is 17.6. The maximum absolute atomic E-state index is 6.83. The Bertz CT molecular complexity index is 438. The molecule has 5 nitrogen and oxygen atoms in total. The van der Waals surface area contributed by atoms with E-state index < -0.39 is 8.80 Å². The van der Waals surface area contributed by atoms with Crippen molar-refractivity contribution in [3.63, 3.8) is 0 Å². The highest BCUT2D eigenvalue weighted by Crippen LogP contribution is 2.26. The Hall–Kier alpha value is 0.0169. The monoisotopic (exact) mass is 530 g/mol. The third kappa shape index (κ3) is 16.1. The van der Waals surface area contributed by atoms with Crippen LogP contribution in [0.25, 0.3) is 0 Å². The summed E-state index contributed by atoms with van der Waals surface area (Å²) in [7, 11) is -2.82. The minimum absolute atomic E-state index is 0.312. The molecule has 0 aromatic heterocycles. The first-order valence-corrected chi connectivity index (χ1v) is 17.6. The molecule has 0 aromatic rings. The number of unbranched alkanes of at least 4 members (excludes halogenated alkanes) is 3. The van der Waals surface area contributed by atoms with Gasteiger partial charge in [0.05, 0.1) is 13.2 Å². The highest BCUT2D eigenvalue weighted by molar-refractivity contribution is 6.60. The van der Waals surface area contributed by atoms with Crippen molar-refractivity contribution < 1.29 is 22.8 Å². The molecule has 216 valence electrons. The summed E-state index contributed by atoms with van der Waals surface area (Å²) < 4.78 is 31.7. The second kappa shape index (κ2) is 21.9. The lowest BCUT2D eigenvalue weighted by atomic mass is 10.0. The first kappa shape index (κ1) is 34.0. The van der Waals surface area contributed by atoms with Crippen LogP contribution >= 0.6 is 0 Å². The first-order valence-electron chi connectivity index (χ1n) is 15.7. The molecular weight excluding hydrogens is 468 g/mol. The SMILES string of the molecule is CCCCC(CC)CO[Si](CCCOCC1CO1)(OCC(CC)CCCC)OCC(CC)CCCC. The topological polar surface area (TPSA) is 49.5 Å². The molecule has 1 heterocycles. The molecule has 1 saturated heterocycles. The van der Waals surface area contributed by atoms with Crippen molar-refractivity contribution in [2.45, 2.75) is 137 Å². The Balaban J connectivity index is 2.92. The van der Waals surface area contributed by atoms with Gasteiger partial charge in [-0.15, -0.1) is 0 Å². The Morgan fingerprint density at radius 2 is 1.08 bits per heavy atom. The third-order valence-corrected chi connectivity index (χ3v) is 10.5. The van der Waals surface area contributed by atoms with Crippen LogP contribution in [0.15, 0.2) is 0 Å². The number of hydrogen-bond acceptors (Lipinski definition) is 5. The van der Waals surface area contributed by atoms with E-state index in [1.165, 1.54) is 57.8 Å². The molecule has 1 fully saturated rings. The van der Waals surface area contributed by atoms with E-state index in [9.17, 15) is 0 Å². The molecular formula is C30H62O5Si. The molecule has 0 spiro atoms. The van der Waals surface area contributed by atoms with E-state index in [1.807, 2.05) is 0 Å². The Morgan fingerprint density at radius 3 is 1.42 bits per heavy atom. The van der Waals surface area contributed by atoms with Gasteiger partial charge < -0.3 is 22.8 Å². The van der Waals surface area contributed by atoms with Crippen LogP contribution in [0.5, 0.6) is 0 Å². The van der Waals surface area contributed by atoms with Crippen LogP contribution in [0.4, 0.5) is 0 Å². The van der Waals surface area contributed by atoms with E-state index in [0.717, 1.165) is 64.8 Å². The van der Waals surface area contributed by atoms with Gasteiger partial charge in [0.2, 0.25) is 0 Å². The zero-order valence-electron chi connectivity index (χ0n) is 25.0. The molecule has 0 amide bonds. The summed E-state index contributed by atoms with van der Waals surface area (Å²) in [5.41, 5.74) is 0. The lowest BCUT2D eigenvalue weighted by Crippen LogP contribution is -2.49. The van der Waals surface area contributed by atoms with Crippen molar-refractivity contribution in [3.8, 4) is 0 Å². The minimum atomic E-state index is -2.82. The Labute approximate surface area is 226 Å². The van der Waals surface area contributed by atoms with Crippen LogP contribution in [0.1, 0.15) is 125 Å². The summed E-state index contributed by atoms with van der Waals surface area (Å²) in [6.45, 7) is 18.2. The molecule has 4 unspecified atom stereocenters. The summed E-state index contributed by atoms with van der Waals surface area (Å²) in [6.07, 6.45) is 15.9. The predicted molar refractivity (Wildman–Crippen MR) is 154 cm³/mol. The maximum Gasteiger partial charge on any atom is 0.501 e. The smallest absolute Gasteiger partial charge is 0.379 e. The van der Waals surface area contributed by atoms with Crippen molar-refractivity contribution in [1.82, 2.24) is 0 Å². The van der Waals surface area contributed by atoms with Gasteiger partial charge in [-0.05, 0) is 43.4 Å². The van der Waals surface area contributed by atoms with Crippen LogP contribution in [0, 0.1) is 17.8 Å². The van der Waals surface area contributed by atoms with E-state index in [4.69, 9.17) is 22.8 Å². The summed E-state index contributed by atoms with van der Waals surface area (Å²) in [5.74, 6) is 1.74. The van der Waals surface area contributed by atoms with Gasteiger partial charge in [0, 0.05) is 32.5 Å². The number of rotatable bonds is 27. The summed E-state index contributed by atoms with van der Waals surface area (Å²) in [4.78, 5) is 0. The predicted octanol–water partition coefficient (Wildman–Crippen LogP) is 8.43. The molecule has 0 aliphatic carbocycles. The number of epoxide rings is 1. The van der Waals surface area contributed by atoms with Gasteiger partial charge >= 0.3 is 8.80 Å². The van der Waals surface area contributed by atoms with E-state index >= 15 is 0 Å². The fraction of sp³-hybridized carbons (Fsp3) is 1.00. The molecule has 1 aliphatic heterocycles. The van der Waals surface area contributed by atoms with Gasteiger partial charge in [-0.2, -0.15) is 0 Å². The molecule has 0 saturated carbocycles. The lowest BCUT2D eigenvalue weighted by Gasteiger charge is -2.34. The van der Waals surface area contributed by atoms with Crippen molar-refractivity contribution >= 4 is 8.80 Å². The highest BCUT2D eigenvalue weighted by atomic mass is 28.4. The second-order valence-electron chi connectivity index (χ2n) is 11.0. The molecule has 0 N–H and O–H groups in total. The normalized spacial score (nSPS) is 19.7. The number of hydrogen-bond donors (Lipinski definition) is 0. The van der Waals surface area contributed by atoms with E-state index in [-0.39, 0.29) is 0 Å². The zero-order valence-corrected chi connectivity index (χ0v) is 26.0. The van der Waals surface area contributed by atoms with E-state index in [0.29, 0.717) is 30.5 Å². The lowest BCUT2D eigenvalue weighted by molar-refractivity contribution is 0.0217. The Kier molecular flexibility index (Phi) is 20.7. The molecule has 0 aromatic carbocycles. The molecule has 0 radical (unpaired) electrons. The second-order valence-corrected chi connectivity index (χ2v) is 13.7. The van der Waals surface area contributed by atoms with Crippen LogP contribution in [-0.2, 0) is 22.8 Å². The van der Waals surface area contributed by atoms with Crippen molar-refractivity contribution in [2.75, 3.05) is 39.6 Å². The van der Waals surface area contributed by atoms with Crippen LogP contribution in [-0.4, -0.2) is 54.5 Å². The third-order valence-electron chi connectivity index (χ3n) is 7.72. The fourth-order valence-electron chi connectivity index (χ4n) is 4.54. The van der Waals surface area contributed by atoms with Crippen LogP contribution in [0.2, 0.25) is 6.04 Å². The Morgan fingerprint density at radius 1 is 0.667 bits per heavy atom. The van der Waals surface area contributed by atoms with Gasteiger partial charge in [-0.3, -0.25) is 0 Å². The average molecular weight is 531 g/mol. The fourth-order valence-corrected chi connectivity index (χ4v) is 7.27. The van der Waals surface area contributed by atoms with Crippen LogP contribution in [0.3, 0.4) is 0 Å². The molecule has 1 aliphatic rings. The van der Waals surface area contributed by atoms with Gasteiger partial charge in [0.1, 0.15) is 6.10 Å². The zero-order chi connectivity index (χ0) is 26.5. The van der Waals surface area contributed by atoms with Gasteiger partial charge in [-0.25, -0.2) is 0 Å². The van der Waals surface area contributed by atoms with Crippen LogP contribution < -0.4 is 0 Å². The number of ether oxygens (including phenoxy) is 2.